The molecule has 6 nitrogen and oxygen atoms in total. The molecule has 23 heavy (non-hydrogen) atoms. The van der Waals surface area contributed by atoms with Crippen LogP contribution in [0.2, 0.25) is 5.28 Å². The molecule has 3 rings (SSSR count). The van der Waals surface area contributed by atoms with Gasteiger partial charge in [0.05, 0.1) is 0 Å². The summed E-state index contributed by atoms with van der Waals surface area (Å²) in [7, 11) is 0. The summed E-state index contributed by atoms with van der Waals surface area (Å²) in [4.78, 5) is 24.0. The van der Waals surface area contributed by atoms with Crippen molar-refractivity contribution in [1.82, 2.24) is 14.9 Å². The van der Waals surface area contributed by atoms with Crippen LogP contribution >= 0.6 is 11.6 Å². The number of carbonyl (C=O) groups excluding carboxylic acids is 1. The number of carbonyl (C=O) groups is 1. The summed E-state index contributed by atoms with van der Waals surface area (Å²) in [5.41, 5.74) is 0.982. The molecule has 1 aromatic heterocycles. The molecule has 7 heteroatoms. The Morgan fingerprint density at radius 2 is 1.87 bits per heavy atom. The third kappa shape index (κ3) is 4.10. The highest BCUT2D eigenvalue weighted by molar-refractivity contribution is 6.28. The molecular formula is C16H17ClN4O2. The maximum atomic E-state index is 12.1. The number of piperazine rings is 1. The van der Waals surface area contributed by atoms with Gasteiger partial charge in [-0.2, -0.15) is 0 Å². The molecule has 0 saturated carbocycles. The van der Waals surface area contributed by atoms with Crippen molar-refractivity contribution in [2.75, 3.05) is 31.1 Å². The minimum absolute atomic E-state index is 0.229. The van der Waals surface area contributed by atoms with E-state index in [0.29, 0.717) is 32.8 Å². The number of anilines is 1. The van der Waals surface area contributed by atoms with Gasteiger partial charge in [-0.3, -0.25) is 0 Å². The zero-order valence-electron chi connectivity index (χ0n) is 12.6. The number of nitrogens with zero attached hydrogens (tertiary/aromatic N) is 4. The van der Waals surface area contributed by atoms with Crippen molar-refractivity contribution < 1.29 is 9.53 Å². The van der Waals surface area contributed by atoms with E-state index in [1.165, 1.54) is 0 Å². The fraction of sp³-hybridized carbons (Fsp3) is 0.312. The highest BCUT2D eigenvalue weighted by atomic mass is 35.5. The number of benzene rings is 1. The first-order valence-electron chi connectivity index (χ1n) is 7.41. The van der Waals surface area contributed by atoms with Crippen molar-refractivity contribution in [3.05, 3.63) is 53.4 Å². The molecule has 1 aliphatic rings. The summed E-state index contributed by atoms with van der Waals surface area (Å²) < 4.78 is 5.35. The number of rotatable bonds is 3. The molecule has 1 aliphatic heterocycles. The Labute approximate surface area is 139 Å². The molecule has 2 aromatic rings. The topological polar surface area (TPSA) is 58.6 Å². The van der Waals surface area contributed by atoms with E-state index >= 15 is 0 Å². The van der Waals surface area contributed by atoms with E-state index in [1.807, 2.05) is 36.4 Å². The lowest BCUT2D eigenvalue weighted by molar-refractivity contribution is 0.0941. The molecule has 0 N–H and O–H groups in total. The maximum absolute atomic E-state index is 12.1. The van der Waals surface area contributed by atoms with Crippen LogP contribution in [0.25, 0.3) is 0 Å². The Morgan fingerprint density at radius 3 is 2.57 bits per heavy atom. The molecule has 0 spiro atoms. The molecule has 120 valence electrons. The van der Waals surface area contributed by atoms with Crippen LogP contribution in [0.3, 0.4) is 0 Å². The Morgan fingerprint density at radius 1 is 1.13 bits per heavy atom. The summed E-state index contributed by atoms with van der Waals surface area (Å²) in [5, 5.41) is 0.229. The smallest absolute Gasteiger partial charge is 0.410 e. The van der Waals surface area contributed by atoms with Gasteiger partial charge in [0.2, 0.25) is 5.28 Å². The lowest BCUT2D eigenvalue weighted by Gasteiger charge is -2.34. The van der Waals surface area contributed by atoms with Crippen molar-refractivity contribution >= 4 is 23.5 Å². The monoisotopic (exact) mass is 332 g/mol. The highest BCUT2D eigenvalue weighted by Crippen LogP contribution is 2.15. The minimum atomic E-state index is -0.283. The van der Waals surface area contributed by atoms with Gasteiger partial charge in [-0.15, -0.1) is 0 Å². The number of hydrogen-bond donors (Lipinski definition) is 0. The standard InChI is InChI=1S/C16H17ClN4O2/c17-15-18-7-6-14(19-15)20-8-10-21(11-9-20)16(22)23-12-13-4-2-1-3-5-13/h1-7H,8-12H2. The van der Waals surface area contributed by atoms with Crippen LogP contribution in [0.4, 0.5) is 10.6 Å². The van der Waals surface area contributed by atoms with Crippen molar-refractivity contribution in [3.8, 4) is 0 Å². The molecule has 0 atom stereocenters. The van der Waals surface area contributed by atoms with Gasteiger partial charge in [0.1, 0.15) is 12.4 Å². The predicted octanol–water partition coefficient (Wildman–Crippen LogP) is 2.59. The van der Waals surface area contributed by atoms with E-state index in [4.69, 9.17) is 16.3 Å². The van der Waals surface area contributed by atoms with Gasteiger partial charge in [-0.25, -0.2) is 14.8 Å². The number of halogens is 1. The third-order valence-corrected chi connectivity index (χ3v) is 3.86. The van der Waals surface area contributed by atoms with Gasteiger partial charge in [0.25, 0.3) is 0 Å². The Hall–Kier alpha value is -2.34. The SMILES string of the molecule is O=C(OCc1ccccc1)N1CCN(c2ccnc(Cl)n2)CC1. The van der Waals surface area contributed by atoms with E-state index < -0.39 is 0 Å². The zero-order chi connectivity index (χ0) is 16.1. The first-order chi connectivity index (χ1) is 11.2. The Kier molecular flexibility index (Phi) is 4.92. The van der Waals surface area contributed by atoms with Gasteiger partial charge in [0, 0.05) is 32.4 Å². The molecule has 2 heterocycles. The molecule has 1 amide bonds. The largest absolute Gasteiger partial charge is 0.445 e. The molecule has 0 aliphatic carbocycles. The first-order valence-corrected chi connectivity index (χ1v) is 7.79. The van der Waals surface area contributed by atoms with Crippen LogP contribution in [-0.2, 0) is 11.3 Å². The lowest BCUT2D eigenvalue weighted by Crippen LogP contribution is -2.49. The van der Waals surface area contributed by atoms with Gasteiger partial charge in [0.15, 0.2) is 0 Å². The Bertz CT molecular complexity index is 660. The normalized spacial score (nSPS) is 14.7. The molecule has 0 bridgehead atoms. The van der Waals surface area contributed by atoms with E-state index in [1.54, 1.807) is 11.1 Å². The summed E-state index contributed by atoms with van der Waals surface area (Å²) in [5.74, 6) is 0.780. The first kappa shape index (κ1) is 15.6. The quantitative estimate of drug-likeness (QED) is 0.809. The summed E-state index contributed by atoms with van der Waals surface area (Å²) >= 11 is 5.81. The van der Waals surface area contributed by atoms with E-state index in [-0.39, 0.29) is 11.4 Å². The second-order valence-electron chi connectivity index (χ2n) is 5.20. The van der Waals surface area contributed by atoms with E-state index in [2.05, 4.69) is 14.9 Å². The van der Waals surface area contributed by atoms with Crippen molar-refractivity contribution in [3.63, 3.8) is 0 Å². The summed E-state index contributed by atoms with van der Waals surface area (Å²) in [6.45, 7) is 2.85. The van der Waals surface area contributed by atoms with Crippen LogP contribution in [0.5, 0.6) is 0 Å². The fourth-order valence-corrected chi connectivity index (χ4v) is 2.57. The second kappa shape index (κ2) is 7.28. The molecule has 1 fully saturated rings. The third-order valence-electron chi connectivity index (χ3n) is 3.68. The van der Waals surface area contributed by atoms with Crippen LogP contribution < -0.4 is 4.90 Å². The molecule has 0 radical (unpaired) electrons. The zero-order valence-corrected chi connectivity index (χ0v) is 13.3. The van der Waals surface area contributed by atoms with Crippen LogP contribution in [0.15, 0.2) is 42.6 Å². The molecule has 1 saturated heterocycles. The maximum Gasteiger partial charge on any atom is 0.410 e. The van der Waals surface area contributed by atoms with Gasteiger partial charge in [-0.05, 0) is 23.2 Å². The van der Waals surface area contributed by atoms with Gasteiger partial charge >= 0.3 is 6.09 Å². The number of aromatic nitrogens is 2. The van der Waals surface area contributed by atoms with Crippen LogP contribution in [-0.4, -0.2) is 47.1 Å². The lowest BCUT2D eigenvalue weighted by atomic mass is 10.2. The molecule has 1 aromatic carbocycles. The second-order valence-corrected chi connectivity index (χ2v) is 5.54. The minimum Gasteiger partial charge on any atom is -0.445 e. The van der Waals surface area contributed by atoms with Crippen molar-refractivity contribution in [1.29, 1.82) is 0 Å². The summed E-state index contributed by atoms with van der Waals surface area (Å²) in [6.07, 6.45) is 1.35. The average molecular weight is 333 g/mol. The van der Waals surface area contributed by atoms with Gasteiger partial charge in [-0.1, -0.05) is 30.3 Å². The molecular weight excluding hydrogens is 316 g/mol. The number of hydrogen-bond acceptors (Lipinski definition) is 5. The predicted molar refractivity (Wildman–Crippen MR) is 87.5 cm³/mol. The van der Waals surface area contributed by atoms with Crippen LogP contribution in [0, 0.1) is 0 Å². The van der Waals surface area contributed by atoms with Crippen LogP contribution in [0.1, 0.15) is 5.56 Å². The average Bonchev–Trinajstić information content (AvgIpc) is 2.61. The van der Waals surface area contributed by atoms with E-state index in [9.17, 15) is 4.79 Å². The van der Waals surface area contributed by atoms with Gasteiger partial charge < -0.3 is 14.5 Å². The van der Waals surface area contributed by atoms with E-state index in [0.717, 1.165) is 11.4 Å². The highest BCUT2D eigenvalue weighted by Gasteiger charge is 2.23. The fourth-order valence-electron chi connectivity index (χ4n) is 2.43. The number of amides is 1. The summed E-state index contributed by atoms with van der Waals surface area (Å²) in [6, 6.07) is 11.5. The Balaban J connectivity index is 1.49. The number of ether oxygens (including phenoxy) is 1. The van der Waals surface area contributed by atoms with Crippen molar-refractivity contribution in [2.45, 2.75) is 6.61 Å². The van der Waals surface area contributed by atoms with Crippen molar-refractivity contribution in [2.24, 2.45) is 0 Å². The molecule has 0 unspecified atom stereocenters.